The van der Waals surface area contributed by atoms with Gasteiger partial charge in [0.1, 0.15) is 0 Å². The average Bonchev–Trinajstić information content (AvgIpc) is 2.14. The fourth-order valence-electron chi connectivity index (χ4n) is 0.883. The second-order valence-corrected chi connectivity index (χ2v) is 2.88. The summed E-state index contributed by atoms with van der Waals surface area (Å²) in [5.41, 5.74) is 5.27. The van der Waals surface area contributed by atoms with Gasteiger partial charge in [-0.05, 0) is 5.56 Å². The Labute approximate surface area is 89.2 Å². The number of carbonyl (C=O) groups excluding carboxylic acids is 1. The fraction of sp³-hybridized carbons (Fsp3) is 0.222. The van der Waals surface area contributed by atoms with Crippen LogP contribution in [0.15, 0.2) is 18.3 Å². The van der Waals surface area contributed by atoms with Crippen LogP contribution in [0.5, 0.6) is 5.88 Å². The van der Waals surface area contributed by atoms with Gasteiger partial charge in [-0.1, -0.05) is 6.07 Å². The Morgan fingerprint density at radius 2 is 2.19 bits per heavy atom. The maximum atomic E-state index is 11.8. The van der Waals surface area contributed by atoms with Gasteiger partial charge >= 0.3 is 6.18 Å². The predicted molar refractivity (Wildman–Crippen MR) is 48.4 cm³/mol. The highest BCUT2D eigenvalue weighted by molar-refractivity contribution is 5.86. The second-order valence-electron chi connectivity index (χ2n) is 2.88. The highest BCUT2D eigenvalue weighted by Gasteiger charge is 2.28. The Hall–Kier alpha value is -1.79. The molecule has 0 aliphatic rings. The first-order valence-electron chi connectivity index (χ1n) is 4.16. The molecule has 0 saturated heterocycles. The summed E-state index contributed by atoms with van der Waals surface area (Å²) in [6.45, 7) is -1.40. The number of aromatic nitrogens is 1. The van der Waals surface area contributed by atoms with Crippen molar-refractivity contribution in [2.45, 2.75) is 6.18 Å². The summed E-state index contributed by atoms with van der Waals surface area (Å²) in [6.07, 6.45) is -2.11. The third-order valence-electron chi connectivity index (χ3n) is 1.45. The van der Waals surface area contributed by atoms with Crippen molar-refractivity contribution < 1.29 is 22.7 Å². The predicted octanol–water partition coefficient (Wildman–Crippen LogP) is 1.06. The van der Waals surface area contributed by atoms with Gasteiger partial charge < -0.3 is 10.5 Å². The largest absolute Gasteiger partial charge is 0.468 e. The Balaban J connectivity index is 2.55. The summed E-state index contributed by atoms with van der Waals surface area (Å²) < 4.78 is 39.7. The topological polar surface area (TPSA) is 65.2 Å². The molecule has 0 atom stereocenters. The van der Waals surface area contributed by atoms with Gasteiger partial charge in [0.15, 0.2) is 6.61 Å². The smallest absolute Gasteiger partial charge is 0.422 e. The van der Waals surface area contributed by atoms with Gasteiger partial charge in [0.2, 0.25) is 11.8 Å². The van der Waals surface area contributed by atoms with Gasteiger partial charge in [-0.2, -0.15) is 13.2 Å². The molecule has 0 unspecified atom stereocenters. The van der Waals surface area contributed by atoms with Crippen LogP contribution in [0.2, 0.25) is 0 Å². The number of carbonyl (C=O) groups is 1. The number of ether oxygens (including phenoxy) is 1. The first-order valence-corrected chi connectivity index (χ1v) is 4.16. The van der Waals surface area contributed by atoms with E-state index in [1.54, 1.807) is 0 Å². The number of hydrogen-bond acceptors (Lipinski definition) is 3. The number of nitrogens with two attached hydrogens (primary N) is 1. The molecular formula is C9H8F3N2O2. The van der Waals surface area contributed by atoms with Crippen molar-refractivity contribution in [1.82, 2.24) is 4.98 Å². The molecular weight excluding hydrogens is 225 g/mol. The third-order valence-corrected chi connectivity index (χ3v) is 1.45. The van der Waals surface area contributed by atoms with Gasteiger partial charge in [0, 0.05) is 12.3 Å². The molecule has 0 aromatic carbocycles. The van der Waals surface area contributed by atoms with Crippen LogP contribution in [0.3, 0.4) is 0 Å². The van der Waals surface area contributed by atoms with E-state index >= 15 is 0 Å². The van der Waals surface area contributed by atoms with E-state index in [0.29, 0.717) is 5.56 Å². The molecule has 87 valence electrons. The van der Waals surface area contributed by atoms with E-state index < -0.39 is 18.7 Å². The van der Waals surface area contributed by atoms with Gasteiger partial charge in [-0.15, -0.1) is 0 Å². The molecule has 1 aromatic rings. The summed E-state index contributed by atoms with van der Waals surface area (Å²) in [4.78, 5) is 14.0. The lowest BCUT2D eigenvalue weighted by Gasteiger charge is -2.08. The molecule has 1 amide bonds. The standard InChI is InChI=1S/C9H8F3N2O2/c10-9(11,12)5-16-8-2-1-6(4-14-8)3-7(13)15/h1-4H,5H2,(H2,13,15). The highest BCUT2D eigenvalue weighted by atomic mass is 19.4. The van der Waals surface area contributed by atoms with Crippen LogP contribution in [0, 0.1) is 6.42 Å². The van der Waals surface area contributed by atoms with Crippen LogP contribution in [0.4, 0.5) is 13.2 Å². The molecule has 0 aliphatic carbocycles. The second kappa shape index (κ2) is 4.82. The van der Waals surface area contributed by atoms with E-state index in [0.717, 1.165) is 6.42 Å². The Morgan fingerprint density at radius 1 is 1.50 bits per heavy atom. The minimum absolute atomic E-state index is 0.168. The Kier molecular flexibility index (Phi) is 3.70. The van der Waals surface area contributed by atoms with Crippen molar-refractivity contribution in [3.63, 3.8) is 0 Å². The lowest BCUT2D eigenvalue weighted by Crippen LogP contribution is -2.19. The monoisotopic (exact) mass is 233 g/mol. The van der Waals surface area contributed by atoms with Crippen LogP contribution >= 0.6 is 0 Å². The molecule has 1 rings (SSSR count). The normalized spacial score (nSPS) is 11.2. The number of amides is 1. The number of pyridine rings is 1. The zero-order chi connectivity index (χ0) is 12.2. The molecule has 0 spiro atoms. The number of nitrogens with zero attached hydrogens (tertiary/aromatic N) is 1. The number of primary amides is 1. The molecule has 2 N–H and O–H groups in total. The van der Waals surface area contributed by atoms with Gasteiger partial charge in [0.25, 0.3) is 0 Å². The molecule has 1 radical (unpaired) electrons. The molecule has 1 aromatic heterocycles. The first-order chi connectivity index (χ1) is 7.37. The molecule has 0 fully saturated rings. The lowest BCUT2D eigenvalue weighted by molar-refractivity contribution is -0.154. The molecule has 4 nitrogen and oxygen atoms in total. The minimum atomic E-state index is -4.40. The van der Waals surface area contributed by atoms with E-state index in [1.165, 1.54) is 18.3 Å². The zero-order valence-corrected chi connectivity index (χ0v) is 7.99. The van der Waals surface area contributed by atoms with E-state index in [9.17, 15) is 18.0 Å². The summed E-state index contributed by atoms with van der Waals surface area (Å²) in [6, 6.07) is 2.60. The first kappa shape index (κ1) is 12.3. The number of hydrogen-bond donors (Lipinski definition) is 1. The van der Waals surface area contributed by atoms with Crippen LogP contribution in [-0.4, -0.2) is 23.7 Å². The summed E-state index contributed by atoms with van der Waals surface area (Å²) in [5.74, 6) is -0.829. The van der Waals surface area contributed by atoms with Gasteiger partial charge in [-0.3, -0.25) is 4.79 Å². The number of rotatable bonds is 4. The Bertz CT molecular complexity index is 362. The van der Waals surface area contributed by atoms with E-state index in [-0.39, 0.29) is 5.88 Å². The lowest BCUT2D eigenvalue weighted by atomic mass is 10.2. The van der Waals surface area contributed by atoms with Crippen molar-refractivity contribution in [2.75, 3.05) is 6.61 Å². The van der Waals surface area contributed by atoms with Gasteiger partial charge in [-0.25, -0.2) is 4.98 Å². The van der Waals surface area contributed by atoms with Gasteiger partial charge in [0.05, 0.1) is 6.42 Å². The Morgan fingerprint density at radius 3 is 2.62 bits per heavy atom. The molecule has 1 heterocycles. The van der Waals surface area contributed by atoms with E-state index in [1.807, 2.05) is 0 Å². The molecule has 16 heavy (non-hydrogen) atoms. The SMILES string of the molecule is NC(=O)[CH]c1ccc(OCC(F)(F)F)nc1. The summed E-state index contributed by atoms with van der Waals surface area (Å²) in [5, 5.41) is 0. The summed E-state index contributed by atoms with van der Waals surface area (Å²) in [7, 11) is 0. The molecule has 0 aliphatic heterocycles. The van der Waals surface area contributed by atoms with Crippen molar-refractivity contribution in [3.8, 4) is 5.88 Å². The van der Waals surface area contributed by atoms with Crippen LogP contribution in [0.1, 0.15) is 5.56 Å². The maximum Gasteiger partial charge on any atom is 0.422 e. The number of alkyl halides is 3. The third kappa shape index (κ3) is 4.63. The van der Waals surface area contributed by atoms with E-state index in [4.69, 9.17) is 5.73 Å². The highest BCUT2D eigenvalue weighted by Crippen LogP contribution is 2.17. The average molecular weight is 233 g/mol. The van der Waals surface area contributed by atoms with Crippen LogP contribution < -0.4 is 10.5 Å². The van der Waals surface area contributed by atoms with Crippen LogP contribution in [-0.2, 0) is 4.79 Å². The minimum Gasteiger partial charge on any atom is -0.468 e. The van der Waals surface area contributed by atoms with Crippen molar-refractivity contribution in [1.29, 1.82) is 0 Å². The quantitative estimate of drug-likeness (QED) is 0.845. The van der Waals surface area contributed by atoms with Crippen molar-refractivity contribution >= 4 is 5.91 Å². The number of halogens is 3. The maximum absolute atomic E-state index is 11.8. The van der Waals surface area contributed by atoms with Crippen LogP contribution in [0.25, 0.3) is 0 Å². The van der Waals surface area contributed by atoms with Crippen molar-refractivity contribution in [3.05, 3.63) is 30.3 Å². The molecule has 0 bridgehead atoms. The van der Waals surface area contributed by atoms with Crippen molar-refractivity contribution in [2.24, 2.45) is 5.73 Å². The summed E-state index contributed by atoms with van der Waals surface area (Å²) >= 11 is 0. The molecule has 0 saturated carbocycles. The zero-order valence-electron chi connectivity index (χ0n) is 7.99. The van der Waals surface area contributed by atoms with E-state index in [2.05, 4.69) is 9.72 Å². The molecule has 7 heteroatoms. The fourth-order valence-corrected chi connectivity index (χ4v) is 0.883.